The predicted octanol–water partition coefficient (Wildman–Crippen LogP) is 2.68. The SMILES string of the molecule is NC(=O)N1CCC(C(F)(F)C(O)c2cc(Cl)cc3cn[nH]c23)CC1. The first kappa shape index (κ1) is 16.9. The van der Waals surface area contributed by atoms with Gasteiger partial charge in [0.1, 0.15) is 6.10 Å². The number of piperidine rings is 1. The number of aromatic amines is 1. The number of alkyl halides is 2. The molecule has 9 heteroatoms. The molecule has 1 aliphatic rings. The summed E-state index contributed by atoms with van der Waals surface area (Å²) in [6, 6.07) is 2.28. The highest BCUT2D eigenvalue weighted by molar-refractivity contribution is 6.31. The first-order chi connectivity index (χ1) is 11.3. The number of carbonyl (C=O) groups is 1. The number of amides is 2. The molecule has 1 saturated heterocycles. The van der Waals surface area contributed by atoms with Crippen LogP contribution in [0, 0.1) is 5.92 Å². The molecular formula is C15H17ClF2N4O2. The highest BCUT2D eigenvalue weighted by Gasteiger charge is 2.48. The Hall–Kier alpha value is -1.93. The van der Waals surface area contributed by atoms with Crippen molar-refractivity contribution in [1.82, 2.24) is 15.1 Å². The Balaban J connectivity index is 1.86. The van der Waals surface area contributed by atoms with E-state index < -0.39 is 24.0 Å². The molecule has 6 nitrogen and oxygen atoms in total. The Morgan fingerprint density at radius 1 is 1.46 bits per heavy atom. The summed E-state index contributed by atoms with van der Waals surface area (Å²) in [7, 11) is 0. The quantitative estimate of drug-likeness (QED) is 0.787. The molecule has 0 saturated carbocycles. The van der Waals surface area contributed by atoms with Crippen LogP contribution in [0.1, 0.15) is 24.5 Å². The average molecular weight is 359 g/mol. The molecule has 1 unspecified atom stereocenters. The van der Waals surface area contributed by atoms with E-state index in [2.05, 4.69) is 10.2 Å². The number of benzene rings is 1. The van der Waals surface area contributed by atoms with E-state index in [1.807, 2.05) is 0 Å². The third-order valence-corrected chi connectivity index (χ3v) is 4.77. The van der Waals surface area contributed by atoms with Crippen molar-refractivity contribution >= 4 is 28.5 Å². The van der Waals surface area contributed by atoms with Gasteiger partial charge in [0.05, 0.1) is 11.7 Å². The summed E-state index contributed by atoms with van der Waals surface area (Å²) in [5, 5.41) is 17.6. The highest BCUT2D eigenvalue weighted by Crippen LogP contribution is 2.44. The molecule has 1 aromatic heterocycles. The van der Waals surface area contributed by atoms with Crippen molar-refractivity contribution in [2.24, 2.45) is 11.7 Å². The number of nitrogens with two attached hydrogens (primary N) is 1. The molecule has 0 aliphatic carbocycles. The zero-order valence-electron chi connectivity index (χ0n) is 12.7. The maximum Gasteiger partial charge on any atom is 0.314 e. The van der Waals surface area contributed by atoms with Crippen molar-refractivity contribution < 1.29 is 18.7 Å². The number of hydrogen-bond donors (Lipinski definition) is 3. The number of halogens is 3. The predicted molar refractivity (Wildman–Crippen MR) is 84.9 cm³/mol. The summed E-state index contributed by atoms with van der Waals surface area (Å²) in [6.07, 6.45) is -0.426. The summed E-state index contributed by atoms with van der Waals surface area (Å²) < 4.78 is 29.6. The number of hydrogen-bond acceptors (Lipinski definition) is 3. The maximum atomic E-state index is 14.8. The molecule has 0 bridgehead atoms. The van der Waals surface area contributed by atoms with E-state index in [1.54, 1.807) is 6.07 Å². The van der Waals surface area contributed by atoms with E-state index >= 15 is 0 Å². The molecule has 4 N–H and O–H groups in total. The summed E-state index contributed by atoms with van der Waals surface area (Å²) in [5.74, 6) is -4.42. The number of H-pyrrole nitrogens is 1. The van der Waals surface area contributed by atoms with Crippen LogP contribution in [-0.4, -0.2) is 45.2 Å². The molecule has 2 aromatic rings. The highest BCUT2D eigenvalue weighted by atomic mass is 35.5. The van der Waals surface area contributed by atoms with Crippen molar-refractivity contribution in [2.45, 2.75) is 24.9 Å². The Morgan fingerprint density at radius 3 is 2.75 bits per heavy atom. The molecule has 1 atom stereocenters. The number of primary amides is 1. The number of aliphatic hydroxyl groups is 1. The number of rotatable bonds is 3. The Bertz CT molecular complexity index is 759. The normalized spacial score (nSPS) is 18.1. The van der Waals surface area contributed by atoms with Gasteiger partial charge in [-0.3, -0.25) is 5.10 Å². The lowest BCUT2D eigenvalue weighted by atomic mass is 9.85. The van der Waals surface area contributed by atoms with Gasteiger partial charge in [0.15, 0.2) is 0 Å². The van der Waals surface area contributed by atoms with E-state index in [0.29, 0.717) is 10.9 Å². The Kier molecular flexibility index (Phi) is 4.35. The van der Waals surface area contributed by atoms with Crippen molar-refractivity contribution in [3.8, 4) is 0 Å². The molecular weight excluding hydrogens is 342 g/mol. The van der Waals surface area contributed by atoms with Crippen molar-refractivity contribution in [3.63, 3.8) is 0 Å². The van der Waals surface area contributed by atoms with Crippen LogP contribution < -0.4 is 5.73 Å². The number of likely N-dealkylation sites (tertiary alicyclic amines) is 1. The zero-order valence-corrected chi connectivity index (χ0v) is 13.4. The van der Waals surface area contributed by atoms with Crippen LogP contribution in [0.25, 0.3) is 10.9 Å². The fraction of sp³-hybridized carbons (Fsp3) is 0.467. The van der Waals surface area contributed by atoms with E-state index in [4.69, 9.17) is 17.3 Å². The zero-order chi connectivity index (χ0) is 17.5. The second-order valence-electron chi connectivity index (χ2n) is 6.01. The largest absolute Gasteiger partial charge is 0.382 e. The van der Waals surface area contributed by atoms with Gasteiger partial charge in [0, 0.05) is 35.0 Å². The van der Waals surface area contributed by atoms with Crippen LogP contribution >= 0.6 is 11.6 Å². The molecule has 3 rings (SSSR count). The van der Waals surface area contributed by atoms with Crippen LogP contribution in [0.4, 0.5) is 13.6 Å². The number of aliphatic hydroxyl groups excluding tert-OH is 1. The number of urea groups is 1. The van der Waals surface area contributed by atoms with E-state index in [0.717, 1.165) is 0 Å². The number of fused-ring (bicyclic) bond motifs is 1. The molecule has 24 heavy (non-hydrogen) atoms. The van der Waals surface area contributed by atoms with Gasteiger partial charge in [-0.15, -0.1) is 0 Å². The topological polar surface area (TPSA) is 95.2 Å². The van der Waals surface area contributed by atoms with E-state index in [1.165, 1.54) is 17.2 Å². The minimum atomic E-state index is -3.37. The van der Waals surface area contributed by atoms with Crippen molar-refractivity contribution in [1.29, 1.82) is 0 Å². The molecule has 0 spiro atoms. The lowest BCUT2D eigenvalue weighted by Crippen LogP contribution is -2.47. The van der Waals surface area contributed by atoms with Crippen LogP contribution in [0.5, 0.6) is 0 Å². The Morgan fingerprint density at radius 2 is 2.12 bits per heavy atom. The third-order valence-electron chi connectivity index (χ3n) is 4.55. The third kappa shape index (κ3) is 2.91. The van der Waals surface area contributed by atoms with Gasteiger partial charge in [0.2, 0.25) is 0 Å². The fourth-order valence-corrected chi connectivity index (χ4v) is 3.41. The molecule has 2 amide bonds. The molecule has 130 valence electrons. The fourth-order valence-electron chi connectivity index (χ4n) is 3.18. The molecule has 1 aromatic carbocycles. The minimum absolute atomic E-state index is 0.0114. The number of nitrogens with one attached hydrogen (secondary N) is 1. The molecule has 0 radical (unpaired) electrons. The lowest BCUT2D eigenvalue weighted by Gasteiger charge is -2.37. The lowest BCUT2D eigenvalue weighted by molar-refractivity contribution is -0.159. The van der Waals surface area contributed by atoms with Gasteiger partial charge >= 0.3 is 6.03 Å². The number of nitrogens with zero attached hydrogens (tertiary/aromatic N) is 2. The Labute approximate surface area is 141 Å². The number of carbonyl (C=O) groups excluding carboxylic acids is 1. The van der Waals surface area contributed by atoms with Gasteiger partial charge in [-0.2, -0.15) is 5.10 Å². The molecule has 2 heterocycles. The number of aromatic nitrogens is 2. The van der Waals surface area contributed by atoms with Gasteiger partial charge in [-0.25, -0.2) is 13.6 Å². The maximum absolute atomic E-state index is 14.8. The summed E-state index contributed by atoms with van der Waals surface area (Å²) in [5.41, 5.74) is 5.51. The van der Waals surface area contributed by atoms with Crippen LogP contribution in [0.2, 0.25) is 5.02 Å². The van der Waals surface area contributed by atoms with Gasteiger partial charge in [-0.05, 0) is 25.0 Å². The molecule has 1 fully saturated rings. The van der Waals surface area contributed by atoms with E-state index in [9.17, 15) is 18.7 Å². The van der Waals surface area contributed by atoms with Crippen LogP contribution in [-0.2, 0) is 0 Å². The smallest absolute Gasteiger partial charge is 0.314 e. The van der Waals surface area contributed by atoms with Crippen molar-refractivity contribution in [2.75, 3.05) is 13.1 Å². The summed E-state index contributed by atoms with van der Waals surface area (Å²) >= 11 is 5.96. The monoisotopic (exact) mass is 358 g/mol. The standard InChI is InChI=1S/C15H17ClF2N4O2/c16-10-5-8-7-20-21-12(8)11(6-10)13(23)15(17,18)9-1-3-22(4-2-9)14(19)24/h5-7,9,13,23H,1-4H2,(H2,19,24)(H,20,21). The minimum Gasteiger partial charge on any atom is -0.382 e. The second kappa shape index (κ2) is 6.18. The first-order valence-corrected chi connectivity index (χ1v) is 7.91. The van der Waals surface area contributed by atoms with Gasteiger partial charge in [0.25, 0.3) is 5.92 Å². The van der Waals surface area contributed by atoms with Crippen molar-refractivity contribution in [3.05, 3.63) is 28.9 Å². The first-order valence-electron chi connectivity index (χ1n) is 7.53. The van der Waals surface area contributed by atoms with Gasteiger partial charge < -0.3 is 15.7 Å². The molecule has 1 aliphatic heterocycles. The van der Waals surface area contributed by atoms with Gasteiger partial charge in [-0.1, -0.05) is 11.6 Å². The van der Waals surface area contributed by atoms with Crippen LogP contribution in [0.3, 0.4) is 0 Å². The van der Waals surface area contributed by atoms with Crippen LogP contribution in [0.15, 0.2) is 18.3 Å². The average Bonchev–Trinajstić information content (AvgIpc) is 3.01. The summed E-state index contributed by atoms with van der Waals surface area (Å²) in [6.45, 7) is 0.300. The summed E-state index contributed by atoms with van der Waals surface area (Å²) in [4.78, 5) is 12.4. The van der Waals surface area contributed by atoms with E-state index in [-0.39, 0.29) is 36.5 Å². The second-order valence-corrected chi connectivity index (χ2v) is 6.44.